The number of benzene rings is 2. The Morgan fingerprint density at radius 1 is 1.21 bits per heavy atom. The van der Waals surface area contributed by atoms with Crippen LogP contribution in [0, 0.1) is 0 Å². The van der Waals surface area contributed by atoms with Gasteiger partial charge in [-0.25, -0.2) is 8.42 Å². The Morgan fingerprint density at radius 3 is 2.55 bits per heavy atom. The molecule has 2 N–H and O–H groups in total. The zero-order chi connectivity index (χ0) is 21.2. The highest BCUT2D eigenvalue weighted by atomic mass is 32.2. The van der Waals surface area contributed by atoms with Crippen molar-refractivity contribution in [1.82, 2.24) is 4.31 Å². The van der Waals surface area contributed by atoms with Gasteiger partial charge >= 0.3 is 0 Å². The minimum absolute atomic E-state index is 0.0237. The van der Waals surface area contributed by atoms with Crippen LogP contribution in [0.25, 0.3) is 0 Å². The summed E-state index contributed by atoms with van der Waals surface area (Å²) in [6.45, 7) is 3.84. The summed E-state index contributed by atoms with van der Waals surface area (Å²) in [7, 11) is -2.53. The van der Waals surface area contributed by atoms with E-state index in [4.69, 9.17) is 0 Å². The first-order valence-corrected chi connectivity index (χ1v) is 11.5. The number of carbonyl (C=O) groups is 2. The summed E-state index contributed by atoms with van der Waals surface area (Å²) in [5, 5.41) is 5.39. The molecular weight excluding hydrogens is 410 g/mol. The number of sulfonamides is 1. The first-order valence-electron chi connectivity index (χ1n) is 9.09. The molecule has 1 aliphatic rings. The minimum atomic E-state index is -3.88. The minimum Gasteiger partial charge on any atom is -0.325 e. The molecule has 1 heterocycles. The quantitative estimate of drug-likeness (QED) is 0.730. The smallest absolute Gasteiger partial charge is 0.243 e. The maximum absolute atomic E-state index is 12.8. The average Bonchev–Trinajstić information content (AvgIpc) is 2.67. The molecule has 0 unspecified atom stereocenters. The molecule has 0 spiro atoms. The molecule has 3 rings (SSSR count). The summed E-state index contributed by atoms with van der Waals surface area (Å²) >= 11 is 1.35. The SMILES string of the molecule is CC(C)c1ccc(NC(=O)CN(C)S(=O)(=O)c2ccc3c(c2)NC(=O)CS3)cc1. The van der Waals surface area contributed by atoms with Gasteiger partial charge in [0.2, 0.25) is 21.8 Å². The standard InChI is InChI=1S/C20H23N3O4S2/c1-13(2)14-4-6-15(7-5-14)21-19(24)11-23(3)29(26,27)16-8-9-18-17(10-16)22-20(25)12-28-18/h4-10,13H,11-12H2,1-3H3,(H,21,24)(H,22,25). The second kappa shape index (κ2) is 8.56. The Labute approximate surface area is 174 Å². The lowest BCUT2D eigenvalue weighted by atomic mass is 10.0. The van der Waals surface area contributed by atoms with Crippen LogP contribution in [-0.2, 0) is 19.6 Å². The van der Waals surface area contributed by atoms with Crippen molar-refractivity contribution in [2.45, 2.75) is 29.6 Å². The number of thioether (sulfide) groups is 1. The van der Waals surface area contributed by atoms with E-state index in [2.05, 4.69) is 24.5 Å². The van der Waals surface area contributed by atoms with Gasteiger partial charge in [-0.3, -0.25) is 9.59 Å². The molecule has 2 aromatic carbocycles. The summed E-state index contributed by atoms with van der Waals surface area (Å²) < 4.78 is 26.7. The molecule has 0 radical (unpaired) electrons. The van der Waals surface area contributed by atoms with Gasteiger partial charge in [0.05, 0.1) is 22.9 Å². The molecule has 2 amide bonds. The van der Waals surface area contributed by atoms with E-state index in [1.165, 1.54) is 30.9 Å². The van der Waals surface area contributed by atoms with Gasteiger partial charge in [0.25, 0.3) is 0 Å². The molecule has 0 saturated carbocycles. The molecule has 0 bridgehead atoms. The van der Waals surface area contributed by atoms with Crippen LogP contribution >= 0.6 is 11.8 Å². The van der Waals surface area contributed by atoms with Crippen LogP contribution < -0.4 is 10.6 Å². The first-order chi connectivity index (χ1) is 13.7. The van der Waals surface area contributed by atoms with Crippen LogP contribution in [0.1, 0.15) is 25.3 Å². The van der Waals surface area contributed by atoms with Gasteiger partial charge in [-0.15, -0.1) is 11.8 Å². The molecule has 0 atom stereocenters. The number of rotatable bonds is 6. The largest absolute Gasteiger partial charge is 0.325 e. The lowest BCUT2D eigenvalue weighted by Crippen LogP contribution is -2.35. The number of nitrogens with one attached hydrogen (secondary N) is 2. The van der Waals surface area contributed by atoms with Crippen molar-refractivity contribution in [2.24, 2.45) is 0 Å². The van der Waals surface area contributed by atoms with Crippen LogP contribution in [0.4, 0.5) is 11.4 Å². The Morgan fingerprint density at radius 2 is 1.90 bits per heavy atom. The molecule has 0 saturated heterocycles. The van der Waals surface area contributed by atoms with Gasteiger partial charge in [0.15, 0.2) is 0 Å². The first kappa shape index (κ1) is 21.4. The number of hydrogen-bond acceptors (Lipinski definition) is 5. The van der Waals surface area contributed by atoms with E-state index in [-0.39, 0.29) is 17.3 Å². The second-order valence-corrected chi connectivity index (χ2v) is 10.1. The van der Waals surface area contributed by atoms with Crippen LogP contribution in [0.15, 0.2) is 52.3 Å². The highest BCUT2D eigenvalue weighted by Crippen LogP contribution is 2.33. The van der Waals surface area contributed by atoms with E-state index >= 15 is 0 Å². The van der Waals surface area contributed by atoms with Crippen molar-refractivity contribution in [1.29, 1.82) is 0 Å². The summed E-state index contributed by atoms with van der Waals surface area (Å²) in [6, 6.07) is 12.0. The number of amides is 2. The highest BCUT2D eigenvalue weighted by molar-refractivity contribution is 8.00. The topological polar surface area (TPSA) is 95.6 Å². The van der Waals surface area contributed by atoms with Gasteiger partial charge in [-0.1, -0.05) is 26.0 Å². The summed E-state index contributed by atoms with van der Waals surface area (Å²) in [6.07, 6.45) is 0. The van der Waals surface area contributed by atoms with Crippen LogP contribution in [-0.4, -0.2) is 43.9 Å². The Kier molecular flexibility index (Phi) is 6.30. The molecule has 29 heavy (non-hydrogen) atoms. The maximum Gasteiger partial charge on any atom is 0.243 e. The van der Waals surface area contributed by atoms with Crippen molar-refractivity contribution < 1.29 is 18.0 Å². The molecule has 9 heteroatoms. The van der Waals surface area contributed by atoms with Crippen LogP contribution in [0.2, 0.25) is 0 Å². The van der Waals surface area contributed by atoms with Crippen molar-refractivity contribution in [3.8, 4) is 0 Å². The summed E-state index contributed by atoms with van der Waals surface area (Å²) in [5.74, 6) is 0.0800. The number of likely N-dealkylation sites (N-methyl/N-ethyl adjacent to an activating group) is 1. The summed E-state index contributed by atoms with van der Waals surface area (Å²) in [5.41, 5.74) is 2.23. The Bertz CT molecular complexity index is 1030. The van der Waals surface area contributed by atoms with Crippen molar-refractivity contribution in [2.75, 3.05) is 30.0 Å². The maximum atomic E-state index is 12.8. The molecule has 0 aromatic heterocycles. The molecule has 0 aliphatic carbocycles. The number of fused-ring (bicyclic) bond motifs is 1. The van der Waals surface area contributed by atoms with Gasteiger partial charge in [0, 0.05) is 17.6 Å². The zero-order valence-electron chi connectivity index (χ0n) is 16.4. The van der Waals surface area contributed by atoms with Gasteiger partial charge in [0.1, 0.15) is 0 Å². The highest BCUT2D eigenvalue weighted by Gasteiger charge is 2.25. The van der Waals surface area contributed by atoms with E-state index < -0.39 is 15.9 Å². The normalized spacial score (nSPS) is 13.9. The summed E-state index contributed by atoms with van der Waals surface area (Å²) in [4.78, 5) is 24.7. The number of hydrogen-bond donors (Lipinski definition) is 2. The second-order valence-electron chi connectivity index (χ2n) is 7.08. The Hall–Kier alpha value is -2.36. The van der Waals surface area contributed by atoms with E-state index in [9.17, 15) is 18.0 Å². The van der Waals surface area contributed by atoms with E-state index in [0.29, 0.717) is 23.0 Å². The third-order valence-electron chi connectivity index (χ3n) is 4.52. The molecule has 7 nitrogen and oxygen atoms in total. The number of carbonyl (C=O) groups excluding carboxylic acids is 2. The van der Waals surface area contributed by atoms with Gasteiger partial charge in [-0.2, -0.15) is 4.31 Å². The lowest BCUT2D eigenvalue weighted by molar-refractivity contribution is -0.116. The van der Waals surface area contributed by atoms with Crippen molar-refractivity contribution in [3.05, 3.63) is 48.0 Å². The average molecular weight is 434 g/mol. The lowest BCUT2D eigenvalue weighted by Gasteiger charge is -2.20. The predicted octanol–water partition coefficient (Wildman–Crippen LogP) is 3.11. The monoisotopic (exact) mass is 433 g/mol. The van der Waals surface area contributed by atoms with Crippen LogP contribution in [0.3, 0.4) is 0 Å². The molecular formula is C20H23N3O4S2. The fourth-order valence-electron chi connectivity index (χ4n) is 2.84. The number of anilines is 2. The van der Waals surface area contributed by atoms with Gasteiger partial charge < -0.3 is 10.6 Å². The fraction of sp³-hybridized carbons (Fsp3) is 0.300. The number of nitrogens with zero attached hydrogens (tertiary/aromatic N) is 1. The van der Waals surface area contributed by atoms with Crippen molar-refractivity contribution in [3.63, 3.8) is 0 Å². The fourth-order valence-corrected chi connectivity index (χ4v) is 4.78. The molecule has 154 valence electrons. The van der Waals surface area contributed by atoms with E-state index in [0.717, 1.165) is 14.8 Å². The van der Waals surface area contributed by atoms with Crippen LogP contribution in [0.5, 0.6) is 0 Å². The molecule has 2 aromatic rings. The third-order valence-corrected chi connectivity index (χ3v) is 7.39. The predicted molar refractivity (Wildman–Crippen MR) is 115 cm³/mol. The zero-order valence-corrected chi connectivity index (χ0v) is 18.1. The van der Waals surface area contributed by atoms with Crippen molar-refractivity contribution >= 4 is 45.0 Å². The Balaban J connectivity index is 1.69. The molecule has 0 fully saturated rings. The van der Waals surface area contributed by atoms with E-state index in [1.807, 2.05) is 12.1 Å². The molecule has 1 aliphatic heterocycles. The van der Waals surface area contributed by atoms with Gasteiger partial charge in [-0.05, 0) is 41.8 Å². The third kappa shape index (κ3) is 4.98. The van der Waals surface area contributed by atoms with E-state index in [1.54, 1.807) is 18.2 Å².